The Morgan fingerprint density at radius 3 is 2.47 bits per heavy atom. The first kappa shape index (κ1) is 22.4. The number of aromatic amines is 2. The molecule has 0 atom stereocenters. The second-order valence-electron chi connectivity index (χ2n) is 9.91. The third kappa shape index (κ3) is 3.93. The third-order valence-electron chi connectivity index (χ3n) is 7.49. The molecule has 0 aliphatic heterocycles. The Morgan fingerprint density at radius 1 is 0.842 bits per heavy atom. The summed E-state index contributed by atoms with van der Waals surface area (Å²) in [6, 6.07) is 16.9. The van der Waals surface area contributed by atoms with Crippen molar-refractivity contribution in [2.45, 2.75) is 19.3 Å². The zero-order valence-electron chi connectivity index (χ0n) is 20.6. The summed E-state index contributed by atoms with van der Waals surface area (Å²) in [5.74, 6) is 0.292. The summed E-state index contributed by atoms with van der Waals surface area (Å²) in [7, 11) is 0. The molecule has 2 aromatic carbocycles. The highest BCUT2D eigenvalue weighted by atomic mass is 19.1. The van der Waals surface area contributed by atoms with Crippen molar-refractivity contribution in [3.05, 3.63) is 97.5 Å². The van der Waals surface area contributed by atoms with E-state index in [0.717, 1.165) is 66.8 Å². The summed E-state index contributed by atoms with van der Waals surface area (Å²) in [6.45, 7) is 4.22. The molecule has 0 radical (unpaired) electrons. The van der Waals surface area contributed by atoms with Crippen LogP contribution in [0.25, 0.3) is 55.4 Å². The van der Waals surface area contributed by atoms with E-state index >= 15 is 0 Å². The van der Waals surface area contributed by atoms with Gasteiger partial charge in [0.05, 0.1) is 34.8 Å². The van der Waals surface area contributed by atoms with Crippen molar-refractivity contribution in [3.63, 3.8) is 0 Å². The highest BCUT2D eigenvalue weighted by Gasteiger charge is 2.20. The van der Waals surface area contributed by atoms with Crippen molar-refractivity contribution in [1.29, 1.82) is 0 Å². The lowest BCUT2D eigenvalue weighted by molar-refractivity contribution is 0.371. The predicted molar refractivity (Wildman–Crippen MR) is 150 cm³/mol. The Bertz CT molecular complexity index is 1810. The number of allylic oxidation sites excluding steroid dienone is 1. The minimum absolute atomic E-state index is 0.262. The van der Waals surface area contributed by atoms with Crippen LogP contribution in [0, 0.1) is 11.7 Å². The molecule has 1 saturated carbocycles. The number of pyridine rings is 2. The number of halogens is 1. The van der Waals surface area contributed by atoms with E-state index in [4.69, 9.17) is 0 Å². The summed E-state index contributed by atoms with van der Waals surface area (Å²) in [6.07, 6.45) is 11.0. The summed E-state index contributed by atoms with van der Waals surface area (Å²) >= 11 is 0. The number of rotatable bonds is 6. The fourth-order valence-electron chi connectivity index (χ4n) is 5.15. The van der Waals surface area contributed by atoms with Crippen LogP contribution in [0.5, 0.6) is 0 Å². The van der Waals surface area contributed by atoms with Crippen LogP contribution in [-0.4, -0.2) is 25.1 Å². The standard InChI is InChI=1S/C31H25FN6/c1-18(19-3-2-4-19)35-24-11-22(14-33-15-24)21-7-10-28-26(12-21)31(38-37-28)29-13-25-27(16-34-17-30(25)36-29)20-5-8-23(32)9-6-20/h5-17,19,35-36H,1-4H2,(H,37,38). The Morgan fingerprint density at radius 2 is 1.66 bits per heavy atom. The molecule has 6 aromatic rings. The molecule has 1 aliphatic carbocycles. The largest absolute Gasteiger partial charge is 0.358 e. The van der Waals surface area contributed by atoms with Gasteiger partial charge < -0.3 is 10.3 Å². The monoisotopic (exact) mass is 500 g/mol. The van der Waals surface area contributed by atoms with Crippen LogP contribution < -0.4 is 5.32 Å². The first-order chi connectivity index (χ1) is 18.6. The van der Waals surface area contributed by atoms with Crippen LogP contribution in [0.4, 0.5) is 10.1 Å². The van der Waals surface area contributed by atoms with E-state index in [1.165, 1.54) is 31.4 Å². The second-order valence-corrected chi connectivity index (χ2v) is 9.91. The molecule has 0 bridgehead atoms. The molecular weight excluding hydrogens is 475 g/mol. The molecule has 7 heteroatoms. The van der Waals surface area contributed by atoms with Crippen LogP contribution in [0.1, 0.15) is 19.3 Å². The Balaban J connectivity index is 1.26. The van der Waals surface area contributed by atoms with Crippen molar-refractivity contribution in [2.24, 2.45) is 5.92 Å². The quantitative estimate of drug-likeness (QED) is 0.219. The number of hydrogen-bond donors (Lipinski definition) is 3. The molecule has 3 N–H and O–H groups in total. The number of H-pyrrole nitrogens is 2. The highest BCUT2D eigenvalue weighted by Crippen LogP contribution is 2.36. The second kappa shape index (κ2) is 8.95. The molecule has 7 rings (SSSR count). The number of hydrogen-bond acceptors (Lipinski definition) is 4. The first-order valence-corrected chi connectivity index (χ1v) is 12.7. The van der Waals surface area contributed by atoms with Gasteiger partial charge in [-0.05, 0) is 66.3 Å². The minimum Gasteiger partial charge on any atom is -0.358 e. The van der Waals surface area contributed by atoms with E-state index in [2.05, 4.69) is 61.3 Å². The maximum absolute atomic E-state index is 13.5. The van der Waals surface area contributed by atoms with Gasteiger partial charge in [0.25, 0.3) is 0 Å². The van der Waals surface area contributed by atoms with E-state index in [9.17, 15) is 4.39 Å². The lowest BCUT2D eigenvalue weighted by Crippen LogP contribution is -2.18. The van der Waals surface area contributed by atoms with Gasteiger partial charge in [0.2, 0.25) is 0 Å². The lowest BCUT2D eigenvalue weighted by Gasteiger charge is -2.28. The van der Waals surface area contributed by atoms with Gasteiger partial charge in [0.1, 0.15) is 11.5 Å². The summed E-state index contributed by atoms with van der Waals surface area (Å²) in [5, 5.41) is 13.3. The fraction of sp³-hybridized carbons (Fsp3) is 0.129. The van der Waals surface area contributed by atoms with Gasteiger partial charge in [-0.2, -0.15) is 5.10 Å². The summed E-state index contributed by atoms with van der Waals surface area (Å²) < 4.78 is 13.5. The van der Waals surface area contributed by atoms with Gasteiger partial charge in [-0.25, -0.2) is 4.39 Å². The van der Waals surface area contributed by atoms with E-state index in [1.54, 1.807) is 18.3 Å². The van der Waals surface area contributed by atoms with Gasteiger partial charge >= 0.3 is 0 Å². The minimum atomic E-state index is -0.262. The first-order valence-electron chi connectivity index (χ1n) is 12.7. The Kier molecular flexibility index (Phi) is 5.28. The van der Waals surface area contributed by atoms with Crippen LogP contribution in [0.2, 0.25) is 0 Å². The van der Waals surface area contributed by atoms with Gasteiger partial charge in [0.15, 0.2) is 0 Å². The Labute approximate surface area is 218 Å². The zero-order valence-corrected chi connectivity index (χ0v) is 20.6. The van der Waals surface area contributed by atoms with Crippen molar-refractivity contribution in [2.75, 3.05) is 5.32 Å². The van der Waals surface area contributed by atoms with Crippen LogP contribution in [0.15, 0.2) is 91.7 Å². The summed E-state index contributed by atoms with van der Waals surface area (Å²) in [4.78, 5) is 12.3. The predicted octanol–water partition coefficient (Wildman–Crippen LogP) is 7.70. The van der Waals surface area contributed by atoms with E-state index in [-0.39, 0.29) is 5.82 Å². The van der Waals surface area contributed by atoms with Crippen molar-refractivity contribution >= 4 is 27.5 Å². The molecule has 6 nitrogen and oxygen atoms in total. The molecule has 0 saturated heterocycles. The number of nitrogens with zero attached hydrogens (tertiary/aromatic N) is 3. The van der Waals surface area contributed by atoms with Gasteiger partial charge in [-0.3, -0.25) is 15.1 Å². The Hall–Kier alpha value is -4.78. The van der Waals surface area contributed by atoms with E-state index in [0.29, 0.717) is 5.92 Å². The van der Waals surface area contributed by atoms with Crippen LogP contribution in [0.3, 0.4) is 0 Å². The van der Waals surface area contributed by atoms with Crippen molar-refractivity contribution in [3.8, 4) is 33.6 Å². The molecule has 0 spiro atoms. The van der Waals surface area contributed by atoms with Gasteiger partial charge in [0, 0.05) is 40.0 Å². The van der Waals surface area contributed by atoms with Crippen molar-refractivity contribution in [1.82, 2.24) is 25.1 Å². The SMILES string of the molecule is C=C(Nc1cncc(-c2ccc3[nH]nc(-c4cc5c(-c6ccc(F)cc6)cncc5[nH]4)c3c2)c1)C1CCC1. The fourth-order valence-corrected chi connectivity index (χ4v) is 5.15. The highest BCUT2D eigenvalue weighted by molar-refractivity contribution is 6.01. The molecule has 4 aromatic heterocycles. The smallest absolute Gasteiger partial charge is 0.123 e. The normalized spacial score (nSPS) is 13.6. The van der Waals surface area contributed by atoms with Gasteiger partial charge in [-0.1, -0.05) is 31.2 Å². The number of anilines is 1. The molecule has 1 fully saturated rings. The maximum atomic E-state index is 13.5. The van der Waals surface area contributed by atoms with Crippen LogP contribution >= 0.6 is 0 Å². The topological polar surface area (TPSA) is 82.3 Å². The van der Waals surface area contributed by atoms with E-state index < -0.39 is 0 Å². The number of aromatic nitrogens is 5. The summed E-state index contributed by atoms with van der Waals surface area (Å²) in [5.41, 5.74) is 9.46. The van der Waals surface area contributed by atoms with Crippen LogP contribution in [-0.2, 0) is 0 Å². The molecule has 38 heavy (non-hydrogen) atoms. The molecular formula is C31H25FN6. The van der Waals surface area contributed by atoms with Gasteiger partial charge in [-0.15, -0.1) is 0 Å². The molecule has 0 amide bonds. The lowest BCUT2D eigenvalue weighted by atomic mass is 9.83. The molecule has 186 valence electrons. The molecule has 0 unspecified atom stereocenters. The average molecular weight is 501 g/mol. The third-order valence-corrected chi connectivity index (χ3v) is 7.49. The molecule has 1 aliphatic rings. The van der Waals surface area contributed by atoms with E-state index in [1.807, 2.05) is 24.7 Å². The number of nitrogens with one attached hydrogen (secondary N) is 3. The maximum Gasteiger partial charge on any atom is 0.123 e. The van der Waals surface area contributed by atoms with Crippen molar-refractivity contribution < 1.29 is 4.39 Å². The zero-order chi connectivity index (χ0) is 25.6. The molecule has 4 heterocycles. The average Bonchev–Trinajstić information content (AvgIpc) is 3.52. The number of fused-ring (bicyclic) bond motifs is 2. The number of benzene rings is 2.